The van der Waals surface area contributed by atoms with Crippen molar-refractivity contribution in [1.29, 1.82) is 0 Å². The predicted molar refractivity (Wildman–Crippen MR) is 313 cm³/mol. The number of carbonyl (C=O) groups is 2. The van der Waals surface area contributed by atoms with Gasteiger partial charge in [0.2, 0.25) is 0 Å². The lowest BCUT2D eigenvalue weighted by molar-refractivity contribution is -0.147. The Morgan fingerprint density at radius 3 is 1.10 bits per heavy atom. The number of aliphatic hydroxyl groups excluding tert-OH is 7. The van der Waals surface area contributed by atoms with E-state index in [4.69, 9.17) is 65.2 Å². The van der Waals surface area contributed by atoms with Crippen LogP contribution in [0.3, 0.4) is 0 Å². The molecule has 0 aliphatic heterocycles. The van der Waals surface area contributed by atoms with E-state index in [-0.39, 0.29) is 54.0 Å². The molecule has 0 saturated carbocycles. The van der Waals surface area contributed by atoms with E-state index in [1.54, 1.807) is 49.4 Å². The molecule has 0 unspecified atom stereocenters. The van der Waals surface area contributed by atoms with Crippen LogP contribution in [0.15, 0.2) is 206 Å². The zero-order valence-electron chi connectivity index (χ0n) is 45.5. The molecule has 0 aliphatic rings. The molecular weight excluding hydrogens is 1030 g/mol. The highest BCUT2D eigenvalue weighted by Crippen LogP contribution is 2.26. The van der Waals surface area contributed by atoms with Crippen molar-refractivity contribution in [3.05, 3.63) is 250 Å². The molecule has 79 heavy (non-hydrogen) atoms. The minimum atomic E-state index is -1.54. The monoisotopic (exact) mass is 1110 g/mol. The van der Waals surface area contributed by atoms with Crippen LogP contribution in [0.4, 0.5) is 0 Å². The Morgan fingerprint density at radius 2 is 0.785 bits per heavy atom. The van der Waals surface area contributed by atoms with Gasteiger partial charge in [0.15, 0.2) is 12.2 Å². The number of nitrogens with zero attached hydrogens (tertiary/aromatic N) is 1. The van der Waals surface area contributed by atoms with Crippen LogP contribution in [0.25, 0.3) is 0 Å². The second-order valence-electron chi connectivity index (χ2n) is 18.0. The first-order chi connectivity index (χ1) is 37.6. The van der Waals surface area contributed by atoms with Crippen LogP contribution < -0.4 is 22.9 Å². The van der Waals surface area contributed by atoms with E-state index < -0.39 is 42.5 Å². The molecule has 0 bridgehead atoms. The summed E-state index contributed by atoms with van der Waals surface area (Å²) in [7, 11) is 3.94. The van der Waals surface area contributed by atoms with E-state index in [0.717, 1.165) is 34.2 Å². The van der Waals surface area contributed by atoms with Crippen LogP contribution in [-0.2, 0) is 9.59 Å². The lowest BCUT2D eigenvalue weighted by Crippen LogP contribution is -2.30. The van der Waals surface area contributed by atoms with Crippen LogP contribution >= 0.6 is 11.6 Å². The quantitative estimate of drug-likeness (QED) is 0.0439. The van der Waals surface area contributed by atoms with Gasteiger partial charge in [-0.2, -0.15) is 0 Å². The minimum Gasteiger partial charge on any atom is -0.479 e. The molecule has 0 radical (unpaired) electrons. The SMILES string of the molecule is CC[C@H](N)CO.C[C@@H]([C@H](O)c1ccccc1)N(C)C.C[C@H](N)[C@H](O)c1ccccc1.N[C@@H](CO)c1ccccc1.N[C@@H](c1ccccc1)[C@H](O)c1ccccc1.O=C(O)[C@H](O)c1ccccc1.O=C(O)[C@H](O)c1ccccc1Cl. The van der Waals surface area contributed by atoms with Crippen LogP contribution in [0.5, 0.6) is 0 Å². The summed E-state index contributed by atoms with van der Waals surface area (Å²) in [4.78, 5) is 22.6. The molecule has 0 aliphatic carbocycles. The molecule has 16 nitrogen and oxygen atoms in total. The van der Waals surface area contributed by atoms with Gasteiger partial charge in [-0.25, -0.2) is 9.59 Å². The number of benzene rings is 7. The number of carboxylic acids is 2. The maximum Gasteiger partial charge on any atom is 0.337 e. The summed E-state index contributed by atoms with van der Waals surface area (Å²) < 4.78 is 0. The summed E-state index contributed by atoms with van der Waals surface area (Å²) in [5.74, 6) is -2.53. The Kier molecular flexibility index (Phi) is 36.0. The van der Waals surface area contributed by atoms with Gasteiger partial charge in [-0.3, -0.25) is 0 Å². The van der Waals surface area contributed by atoms with E-state index in [1.807, 2.05) is 185 Å². The highest BCUT2D eigenvalue weighted by atomic mass is 35.5. The zero-order valence-corrected chi connectivity index (χ0v) is 46.3. The van der Waals surface area contributed by atoms with Gasteiger partial charge >= 0.3 is 11.9 Å². The highest BCUT2D eigenvalue weighted by molar-refractivity contribution is 6.31. The molecule has 428 valence electrons. The summed E-state index contributed by atoms with van der Waals surface area (Å²) in [5.41, 5.74) is 27.5. The standard InChI is InChI=1S/C14H15NO.C11H17NO.C9H13NO.C8H7ClO3.C8H11NO.C8H8O3.C4H11NO/c15-13(11-7-3-1-4-8-11)14(16)12-9-5-2-6-10-12;1-9(12(2)3)11(13)10-7-5-4-6-8-10;1-7(10)9(11)8-5-3-2-4-6-8;9-6-4-2-1-3-5(6)7(10)8(11)12;9-8(6-10)7-4-2-1-3-5-7;9-7(8(10)11)6-4-2-1-3-5-6;1-2-4(5)3-6/h1-10,13-14,16H,15H2;4-9,11,13H,1-3H3;2-7,9,11H,10H2,1H3;1-4,7,10H,(H,11,12);1-5,8,10H,6,9H2;1-5,7,9H,(H,10,11);4,6H,2-3,5H2,1H3/t13-,14+;9-,11-;7-,9-;7-;8-;7-;4-/m0001010/s1. The average molecular weight is 1110 g/mol. The molecule has 10 atom stereocenters. The minimum absolute atomic E-state index is 0.00398. The largest absolute Gasteiger partial charge is 0.479 e. The van der Waals surface area contributed by atoms with Gasteiger partial charge in [-0.15, -0.1) is 0 Å². The average Bonchev–Trinajstić information content (AvgIpc) is 3.50. The highest BCUT2D eigenvalue weighted by Gasteiger charge is 2.20. The summed E-state index contributed by atoms with van der Waals surface area (Å²) in [6.07, 6.45) is -3.71. The summed E-state index contributed by atoms with van der Waals surface area (Å²) in [6, 6.07) is 61.7. The van der Waals surface area contributed by atoms with Crippen molar-refractivity contribution in [3.8, 4) is 0 Å². The lowest BCUT2D eigenvalue weighted by atomic mass is 9.97. The first kappa shape index (κ1) is 70.3. The van der Waals surface area contributed by atoms with Gasteiger partial charge < -0.3 is 73.8 Å². The van der Waals surface area contributed by atoms with E-state index in [9.17, 15) is 24.9 Å². The van der Waals surface area contributed by atoms with Gasteiger partial charge in [-0.05, 0) is 73.8 Å². The molecule has 17 N–H and O–H groups in total. The molecule has 0 heterocycles. The molecule has 7 rings (SSSR count). The molecule has 7 aromatic rings. The number of aliphatic carboxylic acids is 2. The Bertz CT molecular complexity index is 2570. The summed E-state index contributed by atoms with van der Waals surface area (Å²) in [6.45, 7) is 5.86. The second-order valence-corrected chi connectivity index (χ2v) is 18.4. The fourth-order valence-corrected chi connectivity index (χ4v) is 6.66. The number of aliphatic hydroxyl groups is 7. The first-order valence-electron chi connectivity index (χ1n) is 25.4. The van der Waals surface area contributed by atoms with Crippen LogP contribution in [0, 0.1) is 0 Å². The number of likely N-dealkylation sites (N-methyl/N-ethyl adjacent to an activating group) is 1. The number of hydrogen-bond acceptors (Lipinski definition) is 14. The van der Waals surface area contributed by atoms with Crippen molar-refractivity contribution in [2.24, 2.45) is 22.9 Å². The maximum atomic E-state index is 10.3. The topological polar surface area (TPSA) is 324 Å². The number of hydrogen-bond donors (Lipinski definition) is 13. The van der Waals surface area contributed by atoms with Crippen molar-refractivity contribution < 1.29 is 55.5 Å². The third kappa shape index (κ3) is 28.1. The van der Waals surface area contributed by atoms with Gasteiger partial charge in [0, 0.05) is 28.7 Å². The number of nitrogens with two attached hydrogens (primary N) is 4. The molecule has 0 fully saturated rings. The molecule has 0 saturated heterocycles. The van der Waals surface area contributed by atoms with Gasteiger partial charge in [0.05, 0.1) is 43.6 Å². The van der Waals surface area contributed by atoms with E-state index in [2.05, 4.69) is 0 Å². The summed E-state index contributed by atoms with van der Waals surface area (Å²) in [5, 5.41) is 81.6. The Hall–Kier alpha value is -6.71. The van der Waals surface area contributed by atoms with Crippen molar-refractivity contribution in [3.63, 3.8) is 0 Å². The molecule has 0 spiro atoms. The second kappa shape index (κ2) is 40.5. The van der Waals surface area contributed by atoms with E-state index in [1.165, 1.54) is 12.1 Å². The first-order valence-corrected chi connectivity index (χ1v) is 25.8. The predicted octanol–water partition coefficient (Wildman–Crippen LogP) is 7.81. The number of carboxylic acid groups (broad SMARTS) is 2. The van der Waals surface area contributed by atoms with Crippen LogP contribution in [0.2, 0.25) is 5.02 Å². The fourth-order valence-electron chi connectivity index (χ4n) is 6.42. The van der Waals surface area contributed by atoms with E-state index in [0.29, 0.717) is 5.56 Å². The molecule has 17 heteroatoms. The lowest BCUT2D eigenvalue weighted by Gasteiger charge is -2.25. The van der Waals surface area contributed by atoms with Crippen LogP contribution in [-0.4, -0.2) is 108 Å². The Labute approximate surface area is 470 Å². The summed E-state index contributed by atoms with van der Waals surface area (Å²) >= 11 is 5.64. The zero-order chi connectivity index (χ0) is 59.3. The molecular formula is C62H82ClN5O11. The molecule has 0 aromatic heterocycles. The number of halogens is 1. The molecule has 7 aromatic carbocycles. The van der Waals surface area contributed by atoms with Crippen molar-refractivity contribution in [2.75, 3.05) is 27.3 Å². The van der Waals surface area contributed by atoms with Gasteiger partial charge in [0.1, 0.15) is 0 Å². The third-order valence-corrected chi connectivity index (χ3v) is 12.0. The Morgan fingerprint density at radius 1 is 0.456 bits per heavy atom. The van der Waals surface area contributed by atoms with Gasteiger partial charge in [-0.1, -0.05) is 219 Å². The third-order valence-electron chi connectivity index (χ3n) is 11.7. The van der Waals surface area contributed by atoms with Crippen LogP contribution in [0.1, 0.15) is 109 Å². The number of rotatable bonds is 16. The smallest absolute Gasteiger partial charge is 0.337 e. The molecule has 0 amide bonds. The van der Waals surface area contributed by atoms with Crippen molar-refractivity contribution in [2.45, 2.75) is 87.9 Å². The van der Waals surface area contributed by atoms with Crippen molar-refractivity contribution in [1.82, 2.24) is 4.90 Å². The Balaban J connectivity index is 0.000000467. The normalized spacial score (nSPS) is 14.1. The maximum absolute atomic E-state index is 10.3. The van der Waals surface area contributed by atoms with Gasteiger partial charge in [0.25, 0.3) is 0 Å². The fraction of sp³-hybridized carbons (Fsp3) is 0.290. The van der Waals surface area contributed by atoms with E-state index >= 15 is 0 Å². The van der Waals surface area contributed by atoms with Crippen molar-refractivity contribution >= 4 is 23.5 Å².